The first-order valence-electron chi connectivity index (χ1n) is 8.13. The number of carbonyl (C=O) groups is 2. The molecule has 0 radical (unpaired) electrons. The Hall–Kier alpha value is -3.74. The summed E-state index contributed by atoms with van der Waals surface area (Å²) in [7, 11) is 0. The van der Waals surface area contributed by atoms with Crippen molar-refractivity contribution in [3.8, 4) is 0 Å². The predicted molar refractivity (Wildman–Crippen MR) is 99.3 cm³/mol. The minimum atomic E-state index is -0.781. The predicted octanol–water partition coefficient (Wildman–Crippen LogP) is 3.42. The smallest absolute Gasteiger partial charge is 0.313 e. The Morgan fingerprint density at radius 3 is 2.48 bits per heavy atom. The molecule has 3 aromatic rings. The first-order chi connectivity index (χ1) is 13.1. The first kappa shape index (κ1) is 18.1. The maximum absolute atomic E-state index is 13.5. The maximum Gasteiger partial charge on any atom is 0.313 e. The minimum Gasteiger partial charge on any atom is -0.458 e. The number of furan rings is 1. The number of nitrogens with one attached hydrogen (secondary N) is 2. The molecule has 2 amide bonds. The van der Waals surface area contributed by atoms with Crippen LogP contribution in [0.3, 0.4) is 0 Å². The highest BCUT2D eigenvalue weighted by Crippen LogP contribution is 2.16. The zero-order chi connectivity index (χ0) is 19.1. The standard InChI is InChI=1S/C20H16FN3O3/c21-17-8-4-5-9-18(17)22-12-15-10-11-16(27-15)13-23-19(25)20(26)24-14-6-2-1-3-7-14/h1-12H,13H2,(H,23,25)(H,24,26). The van der Waals surface area contributed by atoms with E-state index in [4.69, 9.17) is 4.42 Å². The van der Waals surface area contributed by atoms with Gasteiger partial charge in [0.15, 0.2) is 0 Å². The highest BCUT2D eigenvalue weighted by molar-refractivity contribution is 6.39. The molecule has 0 aliphatic heterocycles. The lowest BCUT2D eigenvalue weighted by Gasteiger charge is -2.05. The molecule has 0 aliphatic rings. The highest BCUT2D eigenvalue weighted by atomic mass is 19.1. The third-order valence-corrected chi connectivity index (χ3v) is 3.53. The summed E-state index contributed by atoms with van der Waals surface area (Å²) < 4.78 is 19.0. The van der Waals surface area contributed by atoms with E-state index in [1.807, 2.05) is 0 Å². The number of rotatable bonds is 5. The zero-order valence-corrected chi connectivity index (χ0v) is 14.2. The fraction of sp³-hybridized carbons (Fsp3) is 0.0500. The van der Waals surface area contributed by atoms with Crippen LogP contribution < -0.4 is 10.6 Å². The van der Waals surface area contributed by atoms with Crippen LogP contribution in [-0.2, 0) is 16.1 Å². The summed E-state index contributed by atoms with van der Waals surface area (Å²) in [6, 6.07) is 18.1. The van der Waals surface area contributed by atoms with Crippen LogP contribution in [-0.4, -0.2) is 18.0 Å². The number of amides is 2. The van der Waals surface area contributed by atoms with E-state index in [2.05, 4.69) is 15.6 Å². The second-order valence-corrected chi connectivity index (χ2v) is 5.52. The van der Waals surface area contributed by atoms with Gasteiger partial charge in [-0.05, 0) is 36.4 Å². The SMILES string of the molecule is O=C(NCc1ccc(C=Nc2ccccc2F)o1)C(=O)Nc1ccccc1. The quantitative estimate of drug-likeness (QED) is 0.537. The van der Waals surface area contributed by atoms with Gasteiger partial charge in [0.1, 0.15) is 17.3 Å². The van der Waals surface area contributed by atoms with E-state index in [0.29, 0.717) is 17.2 Å². The molecule has 27 heavy (non-hydrogen) atoms. The van der Waals surface area contributed by atoms with Crippen molar-refractivity contribution in [1.82, 2.24) is 5.32 Å². The third-order valence-electron chi connectivity index (χ3n) is 3.53. The van der Waals surface area contributed by atoms with Crippen molar-refractivity contribution in [2.45, 2.75) is 6.54 Å². The van der Waals surface area contributed by atoms with Crippen LogP contribution >= 0.6 is 0 Å². The minimum absolute atomic E-state index is 0.0363. The van der Waals surface area contributed by atoms with Crippen molar-refractivity contribution in [2.24, 2.45) is 4.99 Å². The van der Waals surface area contributed by atoms with Crippen molar-refractivity contribution in [3.63, 3.8) is 0 Å². The van der Waals surface area contributed by atoms with E-state index < -0.39 is 17.6 Å². The van der Waals surface area contributed by atoms with Gasteiger partial charge in [0.05, 0.1) is 18.4 Å². The van der Waals surface area contributed by atoms with Crippen LogP contribution in [0.15, 0.2) is 76.1 Å². The fourth-order valence-electron chi connectivity index (χ4n) is 2.21. The normalized spacial score (nSPS) is 10.7. The average molecular weight is 365 g/mol. The molecular weight excluding hydrogens is 349 g/mol. The van der Waals surface area contributed by atoms with Crippen molar-refractivity contribution in [2.75, 3.05) is 5.32 Å². The van der Waals surface area contributed by atoms with Gasteiger partial charge in [-0.3, -0.25) is 9.59 Å². The number of benzene rings is 2. The van der Waals surface area contributed by atoms with E-state index in [9.17, 15) is 14.0 Å². The number of hydrogen-bond acceptors (Lipinski definition) is 4. The van der Waals surface area contributed by atoms with Gasteiger partial charge in [0.25, 0.3) is 0 Å². The molecule has 1 heterocycles. The third kappa shape index (κ3) is 5.12. The van der Waals surface area contributed by atoms with Gasteiger partial charge in [-0.25, -0.2) is 9.38 Å². The van der Waals surface area contributed by atoms with Crippen molar-refractivity contribution in [3.05, 3.63) is 84.1 Å². The summed E-state index contributed by atoms with van der Waals surface area (Å²) >= 11 is 0. The van der Waals surface area contributed by atoms with Crippen molar-refractivity contribution >= 4 is 29.4 Å². The van der Waals surface area contributed by atoms with E-state index in [0.717, 1.165) is 0 Å². The number of nitrogens with zero attached hydrogens (tertiary/aromatic N) is 1. The van der Waals surface area contributed by atoms with Gasteiger partial charge < -0.3 is 15.1 Å². The molecule has 2 N–H and O–H groups in total. The molecule has 0 saturated carbocycles. The van der Waals surface area contributed by atoms with Gasteiger partial charge in [0, 0.05) is 5.69 Å². The summed E-state index contributed by atoms with van der Waals surface area (Å²) in [5, 5.41) is 4.95. The monoisotopic (exact) mass is 365 g/mol. The molecule has 0 spiro atoms. The molecule has 7 heteroatoms. The highest BCUT2D eigenvalue weighted by Gasteiger charge is 2.14. The summed E-state index contributed by atoms with van der Waals surface area (Å²) in [4.78, 5) is 27.7. The second kappa shape index (κ2) is 8.57. The lowest BCUT2D eigenvalue weighted by atomic mass is 10.3. The average Bonchev–Trinajstić information content (AvgIpc) is 3.14. The largest absolute Gasteiger partial charge is 0.458 e. The van der Waals surface area contributed by atoms with E-state index in [1.165, 1.54) is 12.3 Å². The van der Waals surface area contributed by atoms with Gasteiger partial charge in [0.2, 0.25) is 0 Å². The van der Waals surface area contributed by atoms with Crippen LogP contribution in [0.2, 0.25) is 0 Å². The van der Waals surface area contributed by atoms with E-state index in [1.54, 1.807) is 60.7 Å². The number of para-hydroxylation sites is 2. The Morgan fingerprint density at radius 2 is 1.70 bits per heavy atom. The molecule has 6 nitrogen and oxygen atoms in total. The van der Waals surface area contributed by atoms with Crippen LogP contribution in [0.5, 0.6) is 0 Å². The maximum atomic E-state index is 13.5. The van der Waals surface area contributed by atoms with Crippen LogP contribution in [0.4, 0.5) is 15.8 Å². The van der Waals surface area contributed by atoms with E-state index in [-0.39, 0.29) is 12.2 Å². The lowest BCUT2D eigenvalue weighted by molar-refractivity contribution is -0.136. The molecule has 0 aliphatic carbocycles. The fourth-order valence-corrected chi connectivity index (χ4v) is 2.21. The summed E-state index contributed by atoms with van der Waals surface area (Å²) in [6.07, 6.45) is 1.38. The van der Waals surface area contributed by atoms with Crippen LogP contribution in [0.1, 0.15) is 11.5 Å². The molecule has 136 valence electrons. The lowest BCUT2D eigenvalue weighted by Crippen LogP contribution is -2.34. The Balaban J connectivity index is 1.52. The molecule has 0 unspecified atom stereocenters. The summed E-state index contributed by atoms with van der Waals surface area (Å²) in [5.41, 5.74) is 0.726. The number of aliphatic imine (C=N–C) groups is 1. The summed E-state index contributed by atoms with van der Waals surface area (Å²) in [6.45, 7) is 0.0363. The van der Waals surface area contributed by atoms with Crippen molar-refractivity contribution < 1.29 is 18.4 Å². The molecule has 0 atom stereocenters. The second-order valence-electron chi connectivity index (χ2n) is 5.52. The molecule has 3 rings (SSSR count). The van der Waals surface area contributed by atoms with Crippen LogP contribution in [0, 0.1) is 5.82 Å². The zero-order valence-electron chi connectivity index (χ0n) is 14.2. The molecule has 0 bridgehead atoms. The Bertz CT molecular complexity index is 967. The molecule has 0 fully saturated rings. The molecule has 2 aromatic carbocycles. The van der Waals surface area contributed by atoms with Gasteiger partial charge in [-0.1, -0.05) is 30.3 Å². The van der Waals surface area contributed by atoms with E-state index >= 15 is 0 Å². The van der Waals surface area contributed by atoms with Gasteiger partial charge >= 0.3 is 11.8 Å². The number of halogens is 1. The van der Waals surface area contributed by atoms with Gasteiger partial charge in [-0.2, -0.15) is 0 Å². The number of anilines is 1. The summed E-state index contributed by atoms with van der Waals surface area (Å²) in [5.74, 6) is -1.15. The van der Waals surface area contributed by atoms with Gasteiger partial charge in [-0.15, -0.1) is 0 Å². The Kier molecular flexibility index (Phi) is 5.73. The molecule has 0 saturated heterocycles. The molecule has 1 aromatic heterocycles. The first-order valence-corrected chi connectivity index (χ1v) is 8.13. The number of hydrogen-bond donors (Lipinski definition) is 2. The van der Waals surface area contributed by atoms with Crippen LogP contribution in [0.25, 0.3) is 0 Å². The Labute approximate surface area is 154 Å². The Morgan fingerprint density at radius 1 is 0.963 bits per heavy atom. The number of carbonyl (C=O) groups excluding carboxylic acids is 2. The van der Waals surface area contributed by atoms with Crippen molar-refractivity contribution in [1.29, 1.82) is 0 Å². The topological polar surface area (TPSA) is 83.7 Å². The molecular formula is C20H16FN3O3.